The number of halogens is 2. The molecule has 1 aliphatic rings. The van der Waals surface area contributed by atoms with Gasteiger partial charge in [0.15, 0.2) is 0 Å². The number of benzene rings is 1. The molecular formula is C18H22Br2N4O. The second kappa shape index (κ2) is 8.96. The Labute approximate surface area is 165 Å². The zero-order valence-corrected chi connectivity index (χ0v) is 17.4. The van der Waals surface area contributed by atoms with Crippen LogP contribution < -0.4 is 15.0 Å². The molecule has 0 unspecified atom stereocenters. The third kappa shape index (κ3) is 4.92. The minimum absolute atomic E-state index is 0.518. The predicted molar refractivity (Wildman–Crippen MR) is 107 cm³/mol. The van der Waals surface area contributed by atoms with Gasteiger partial charge in [0.25, 0.3) is 0 Å². The zero-order valence-electron chi connectivity index (χ0n) is 14.2. The summed E-state index contributed by atoms with van der Waals surface area (Å²) in [4.78, 5) is 10.9. The molecule has 0 saturated carbocycles. The van der Waals surface area contributed by atoms with E-state index in [2.05, 4.69) is 64.2 Å². The minimum Gasteiger partial charge on any atom is -0.492 e. The highest BCUT2D eigenvalue weighted by Gasteiger charge is 2.20. The molecule has 7 heteroatoms. The van der Waals surface area contributed by atoms with Crippen molar-refractivity contribution in [1.82, 2.24) is 15.3 Å². The van der Waals surface area contributed by atoms with Gasteiger partial charge in [-0.1, -0.05) is 0 Å². The first kappa shape index (κ1) is 18.6. The van der Waals surface area contributed by atoms with Gasteiger partial charge in [0.05, 0.1) is 15.6 Å². The SMILES string of the molecule is CCOc1c(Br)cc(CNC2CCN(c3ncccn3)CC2)cc1Br. The fraction of sp³-hybridized carbons (Fsp3) is 0.444. The largest absolute Gasteiger partial charge is 0.492 e. The van der Waals surface area contributed by atoms with Crippen LogP contribution in [0, 0.1) is 0 Å². The lowest BCUT2D eigenvalue weighted by Crippen LogP contribution is -2.42. The highest BCUT2D eigenvalue weighted by Crippen LogP contribution is 2.34. The molecule has 1 fully saturated rings. The molecule has 25 heavy (non-hydrogen) atoms. The Morgan fingerprint density at radius 3 is 2.40 bits per heavy atom. The van der Waals surface area contributed by atoms with Crippen LogP contribution in [0.15, 0.2) is 39.5 Å². The summed E-state index contributed by atoms with van der Waals surface area (Å²) in [5.41, 5.74) is 1.23. The van der Waals surface area contributed by atoms with E-state index in [4.69, 9.17) is 4.74 Å². The summed E-state index contributed by atoms with van der Waals surface area (Å²) < 4.78 is 7.61. The summed E-state index contributed by atoms with van der Waals surface area (Å²) in [6.45, 7) is 5.45. The number of nitrogens with zero attached hydrogens (tertiary/aromatic N) is 3. The Balaban J connectivity index is 1.52. The van der Waals surface area contributed by atoms with Crippen LogP contribution in [-0.2, 0) is 6.54 Å². The molecule has 1 saturated heterocycles. The summed E-state index contributed by atoms with van der Waals surface area (Å²) in [6.07, 6.45) is 5.79. The van der Waals surface area contributed by atoms with Crippen molar-refractivity contribution in [2.45, 2.75) is 32.4 Å². The molecule has 0 aliphatic carbocycles. The monoisotopic (exact) mass is 468 g/mol. The maximum Gasteiger partial charge on any atom is 0.225 e. The quantitative estimate of drug-likeness (QED) is 0.688. The second-order valence-corrected chi connectivity index (χ2v) is 7.72. The highest BCUT2D eigenvalue weighted by molar-refractivity contribution is 9.11. The molecule has 134 valence electrons. The number of hydrogen-bond donors (Lipinski definition) is 1. The molecule has 0 bridgehead atoms. The Hall–Kier alpha value is -1.18. The first-order chi connectivity index (χ1) is 12.2. The van der Waals surface area contributed by atoms with Crippen molar-refractivity contribution < 1.29 is 4.74 Å². The Bertz CT molecular complexity index is 668. The summed E-state index contributed by atoms with van der Waals surface area (Å²) in [7, 11) is 0. The Morgan fingerprint density at radius 1 is 1.16 bits per heavy atom. The van der Waals surface area contributed by atoms with Gasteiger partial charge >= 0.3 is 0 Å². The summed E-state index contributed by atoms with van der Waals surface area (Å²) in [5.74, 6) is 1.70. The number of hydrogen-bond acceptors (Lipinski definition) is 5. The van der Waals surface area contributed by atoms with E-state index in [9.17, 15) is 0 Å². The van der Waals surface area contributed by atoms with Gasteiger partial charge in [-0.25, -0.2) is 9.97 Å². The third-order valence-electron chi connectivity index (χ3n) is 4.27. The Morgan fingerprint density at radius 2 is 1.80 bits per heavy atom. The van der Waals surface area contributed by atoms with Crippen LogP contribution in [0.5, 0.6) is 5.75 Å². The van der Waals surface area contributed by atoms with Crippen LogP contribution >= 0.6 is 31.9 Å². The van der Waals surface area contributed by atoms with E-state index in [1.807, 2.05) is 13.0 Å². The lowest BCUT2D eigenvalue weighted by molar-refractivity contribution is 0.335. The van der Waals surface area contributed by atoms with Crippen molar-refractivity contribution in [2.75, 3.05) is 24.6 Å². The first-order valence-electron chi connectivity index (χ1n) is 8.53. The average molecular weight is 470 g/mol. The molecule has 0 amide bonds. The van der Waals surface area contributed by atoms with E-state index in [1.54, 1.807) is 12.4 Å². The van der Waals surface area contributed by atoms with E-state index in [1.165, 1.54) is 5.56 Å². The topological polar surface area (TPSA) is 50.3 Å². The van der Waals surface area contributed by atoms with E-state index in [-0.39, 0.29) is 0 Å². The lowest BCUT2D eigenvalue weighted by atomic mass is 10.0. The molecule has 1 aromatic heterocycles. The molecule has 2 aromatic rings. The Kier molecular flexibility index (Phi) is 6.67. The molecule has 3 rings (SSSR count). The van der Waals surface area contributed by atoms with Gasteiger partial charge in [0.2, 0.25) is 5.95 Å². The maximum atomic E-state index is 5.64. The number of rotatable bonds is 6. The third-order valence-corrected chi connectivity index (χ3v) is 5.45. The molecule has 1 aromatic carbocycles. The van der Waals surface area contributed by atoms with Crippen LogP contribution in [-0.4, -0.2) is 35.7 Å². The zero-order chi connectivity index (χ0) is 17.6. The van der Waals surface area contributed by atoms with Gasteiger partial charge in [-0.2, -0.15) is 0 Å². The van der Waals surface area contributed by atoms with Gasteiger partial charge in [-0.15, -0.1) is 0 Å². The second-order valence-electron chi connectivity index (χ2n) is 6.01. The van der Waals surface area contributed by atoms with Gasteiger partial charge in [-0.3, -0.25) is 0 Å². The van der Waals surface area contributed by atoms with Crippen molar-refractivity contribution in [1.29, 1.82) is 0 Å². The van der Waals surface area contributed by atoms with Crippen molar-refractivity contribution in [2.24, 2.45) is 0 Å². The molecule has 0 spiro atoms. The van der Waals surface area contributed by atoms with Crippen LogP contribution in [0.1, 0.15) is 25.3 Å². The maximum absolute atomic E-state index is 5.64. The first-order valence-corrected chi connectivity index (χ1v) is 10.1. The standard InChI is InChI=1S/C18H22Br2N4O/c1-2-25-17-15(19)10-13(11-16(17)20)12-23-14-4-8-24(9-5-14)18-21-6-3-7-22-18/h3,6-7,10-11,14,23H,2,4-5,8-9,12H2,1H3. The average Bonchev–Trinajstić information content (AvgIpc) is 2.64. The van der Waals surface area contributed by atoms with Gasteiger partial charge in [0, 0.05) is 38.1 Å². The number of piperidine rings is 1. The van der Waals surface area contributed by atoms with Gasteiger partial charge in [-0.05, 0) is 75.4 Å². The van der Waals surface area contributed by atoms with Crippen LogP contribution in [0.2, 0.25) is 0 Å². The van der Waals surface area contributed by atoms with Crippen molar-refractivity contribution in [3.05, 3.63) is 45.1 Å². The fourth-order valence-electron chi connectivity index (χ4n) is 3.00. The summed E-state index contributed by atoms with van der Waals surface area (Å²) in [6, 6.07) is 6.61. The summed E-state index contributed by atoms with van der Waals surface area (Å²) in [5, 5.41) is 3.67. The van der Waals surface area contributed by atoms with Crippen LogP contribution in [0.3, 0.4) is 0 Å². The number of nitrogens with one attached hydrogen (secondary N) is 1. The fourth-order valence-corrected chi connectivity index (χ4v) is 4.51. The normalized spacial score (nSPS) is 15.4. The van der Waals surface area contributed by atoms with Gasteiger partial charge < -0.3 is 15.0 Å². The molecule has 1 aliphatic heterocycles. The molecule has 0 atom stereocenters. The van der Waals surface area contributed by atoms with Crippen molar-refractivity contribution in [3.8, 4) is 5.75 Å². The van der Waals surface area contributed by atoms with E-state index < -0.39 is 0 Å². The van der Waals surface area contributed by atoms with Crippen molar-refractivity contribution >= 4 is 37.8 Å². The number of aromatic nitrogens is 2. The smallest absolute Gasteiger partial charge is 0.225 e. The predicted octanol–water partition coefficient (Wildman–Crippen LogP) is 4.16. The minimum atomic E-state index is 0.518. The van der Waals surface area contributed by atoms with E-state index >= 15 is 0 Å². The molecule has 1 N–H and O–H groups in total. The van der Waals surface area contributed by atoms with E-state index in [0.717, 1.165) is 53.1 Å². The van der Waals surface area contributed by atoms with Crippen LogP contribution in [0.4, 0.5) is 5.95 Å². The van der Waals surface area contributed by atoms with Gasteiger partial charge in [0.1, 0.15) is 5.75 Å². The molecular weight excluding hydrogens is 448 g/mol. The molecule has 0 radical (unpaired) electrons. The lowest BCUT2D eigenvalue weighted by Gasteiger charge is -2.32. The van der Waals surface area contributed by atoms with Crippen molar-refractivity contribution in [3.63, 3.8) is 0 Å². The van der Waals surface area contributed by atoms with Crippen LogP contribution in [0.25, 0.3) is 0 Å². The number of ether oxygens (including phenoxy) is 1. The van der Waals surface area contributed by atoms with E-state index in [0.29, 0.717) is 12.6 Å². The summed E-state index contributed by atoms with van der Waals surface area (Å²) >= 11 is 7.19. The highest BCUT2D eigenvalue weighted by atomic mass is 79.9. The molecule has 2 heterocycles. The molecule has 5 nitrogen and oxygen atoms in total. The number of anilines is 1.